The zero-order valence-corrected chi connectivity index (χ0v) is 9.33. The van der Waals surface area contributed by atoms with E-state index in [0.717, 1.165) is 0 Å². The van der Waals surface area contributed by atoms with Crippen molar-refractivity contribution >= 4 is 5.97 Å². The van der Waals surface area contributed by atoms with E-state index in [4.69, 9.17) is 15.6 Å². The number of hydrogen-bond acceptors (Lipinski definition) is 6. The molecule has 0 aromatic heterocycles. The molecule has 1 rings (SSSR count). The van der Waals surface area contributed by atoms with Crippen molar-refractivity contribution in [3.63, 3.8) is 0 Å². The van der Waals surface area contributed by atoms with E-state index >= 15 is 0 Å². The lowest BCUT2D eigenvalue weighted by atomic mass is 10.1. The molecule has 0 amide bonds. The number of phenols is 1. The summed E-state index contributed by atoms with van der Waals surface area (Å²) in [5.41, 5.74) is 5.70. The van der Waals surface area contributed by atoms with E-state index in [-0.39, 0.29) is 18.0 Å². The van der Waals surface area contributed by atoms with E-state index in [0.29, 0.717) is 5.56 Å². The molecule has 0 heterocycles. The predicted octanol–water partition coefficient (Wildman–Crippen LogP) is -0.330. The molecule has 2 unspecified atom stereocenters. The van der Waals surface area contributed by atoms with Gasteiger partial charge in [-0.25, -0.2) is 4.79 Å². The molecule has 17 heavy (non-hydrogen) atoms. The lowest BCUT2D eigenvalue weighted by Gasteiger charge is -2.12. The van der Waals surface area contributed by atoms with Crippen molar-refractivity contribution in [2.75, 3.05) is 6.54 Å². The van der Waals surface area contributed by atoms with Crippen LogP contribution in [0.5, 0.6) is 11.5 Å². The molecule has 1 aromatic carbocycles. The van der Waals surface area contributed by atoms with Crippen LogP contribution in [0.15, 0.2) is 18.2 Å². The first-order chi connectivity index (χ1) is 7.95. The van der Waals surface area contributed by atoms with Crippen LogP contribution in [0.2, 0.25) is 0 Å². The van der Waals surface area contributed by atoms with Crippen LogP contribution in [0.3, 0.4) is 0 Å². The molecule has 2 atom stereocenters. The van der Waals surface area contributed by atoms with Gasteiger partial charge in [-0.2, -0.15) is 0 Å². The number of aliphatic hydroxyl groups excluding tert-OH is 2. The number of esters is 1. The fourth-order valence-corrected chi connectivity index (χ4v) is 1.15. The Morgan fingerprint density at radius 1 is 1.47 bits per heavy atom. The van der Waals surface area contributed by atoms with Gasteiger partial charge >= 0.3 is 5.97 Å². The Kier molecular flexibility index (Phi) is 4.45. The van der Waals surface area contributed by atoms with Gasteiger partial charge in [0.15, 0.2) is 11.5 Å². The second-order valence-electron chi connectivity index (χ2n) is 3.58. The van der Waals surface area contributed by atoms with Crippen LogP contribution in [-0.2, 0) is 4.79 Å². The normalized spacial score (nSPS) is 14.1. The number of carbonyl (C=O) groups excluding carboxylic acids is 1. The van der Waals surface area contributed by atoms with Crippen LogP contribution >= 0.6 is 0 Å². The zero-order valence-electron chi connectivity index (χ0n) is 9.33. The summed E-state index contributed by atoms with van der Waals surface area (Å²) in [6.45, 7) is 1.26. The van der Waals surface area contributed by atoms with Crippen LogP contribution < -0.4 is 10.5 Å². The van der Waals surface area contributed by atoms with Crippen molar-refractivity contribution in [1.82, 2.24) is 0 Å². The molecule has 0 bridgehead atoms. The number of phenolic OH excluding ortho intramolecular Hbond substituents is 1. The summed E-state index contributed by atoms with van der Waals surface area (Å²) < 4.78 is 4.75. The summed E-state index contributed by atoms with van der Waals surface area (Å²) in [4.78, 5) is 11.1. The van der Waals surface area contributed by atoms with Crippen molar-refractivity contribution in [2.24, 2.45) is 5.73 Å². The van der Waals surface area contributed by atoms with Crippen molar-refractivity contribution in [3.05, 3.63) is 23.8 Å². The second-order valence-corrected chi connectivity index (χ2v) is 3.58. The van der Waals surface area contributed by atoms with Crippen molar-refractivity contribution in [3.8, 4) is 11.5 Å². The maximum Gasteiger partial charge on any atom is 0.340 e. The molecule has 6 nitrogen and oxygen atoms in total. The number of benzene rings is 1. The van der Waals surface area contributed by atoms with Gasteiger partial charge in [-0.3, -0.25) is 0 Å². The van der Waals surface area contributed by atoms with Gasteiger partial charge in [0, 0.05) is 6.54 Å². The largest absolute Gasteiger partial charge is 0.504 e. The van der Waals surface area contributed by atoms with E-state index in [9.17, 15) is 15.0 Å². The molecule has 1 aromatic rings. The van der Waals surface area contributed by atoms with Crippen molar-refractivity contribution in [1.29, 1.82) is 0 Å². The third-order valence-corrected chi connectivity index (χ3v) is 2.14. The molecule has 0 saturated carbocycles. The molecule has 6 heteroatoms. The maximum absolute atomic E-state index is 11.1. The molecule has 0 radical (unpaired) electrons. The number of hydrogen-bond donors (Lipinski definition) is 4. The predicted molar refractivity (Wildman–Crippen MR) is 59.4 cm³/mol. The Morgan fingerprint density at radius 2 is 2.12 bits per heavy atom. The summed E-state index contributed by atoms with van der Waals surface area (Å²) in [5, 5.41) is 27.9. The van der Waals surface area contributed by atoms with Gasteiger partial charge in [0.2, 0.25) is 0 Å². The molecule has 0 saturated heterocycles. The van der Waals surface area contributed by atoms with Crippen LogP contribution in [0.1, 0.15) is 18.6 Å². The first-order valence-electron chi connectivity index (χ1n) is 5.06. The van der Waals surface area contributed by atoms with Gasteiger partial charge in [-0.15, -0.1) is 0 Å². The van der Waals surface area contributed by atoms with Gasteiger partial charge in [0.1, 0.15) is 6.10 Å². The minimum Gasteiger partial charge on any atom is -0.504 e. The van der Waals surface area contributed by atoms with Gasteiger partial charge in [-0.05, 0) is 24.6 Å². The highest BCUT2D eigenvalue weighted by Gasteiger charge is 2.16. The smallest absolute Gasteiger partial charge is 0.340 e. The lowest BCUT2D eigenvalue weighted by Crippen LogP contribution is -2.22. The van der Waals surface area contributed by atoms with E-state index < -0.39 is 18.2 Å². The molecule has 0 aliphatic rings. The topological polar surface area (TPSA) is 113 Å². The maximum atomic E-state index is 11.1. The minimum atomic E-state index is -1.29. The van der Waals surface area contributed by atoms with Gasteiger partial charge in [0.05, 0.1) is 6.10 Å². The summed E-state index contributed by atoms with van der Waals surface area (Å²) in [7, 11) is 0. The number of carbonyl (C=O) groups is 1. The number of rotatable bonds is 4. The molecule has 0 aliphatic heterocycles. The fourth-order valence-electron chi connectivity index (χ4n) is 1.15. The van der Waals surface area contributed by atoms with E-state index in [2.05, 4.69) is 0 Å². The van der Waals surface area contributed by atoms with E-state index in [1.807, 2.05) is 0 Å². The Balaban J connectivity index is 2.94. The van der Waals surface area contributed by atoms with Gasteiger partial charge in [-0.1, -0.05) is 6.07 Å². The van der Waals surface area contributed by atoms with E-state index in [1.165, 1.54) is 25.1 Å². The highest BCUT2D eigenvalue weighted by atomic mass is 16.6. The van der Waals surface area contributed by atoms with Gasteiger partial charge in [0.25, 0.3) is 0 Å². The molecular formula is C11H15NO5. The van der Waals surface area contributed by atoms with E-state index in [1.54, 1.807) is 0 Å². The summed E-state index contributed by atoms with van der Waals surface area (Å²) in [6.07, 6.45) is -2.20. The third kappa shape index (κ3) is 3.42. The molecular weight excluding hydrogens is 226 g/mol. The molecule has 94 valence electrons. The number of nitrogens with two attached hydrogens (primary N) is 1. The number of aliphatic hydroxyl groups is 2. The molecule has 0 spiro atoms. The summed E-state index contributed by atoms with van der Waals surface area (Å²) >= 11 is 0. The average molecular weight is 241 g/mol. The third-order valence-electron chi connectivity index (χ3n) is 2.14. The Bertz CT molecular complexity index is 405. The summed E-state index contributed by atoms with van der Waals surface area (Å²) in [5.74, 6) is -1.27. The SMILES string of the molecule is CC(O)C(=O)Oc1cc(C(O)CN)ccc1O. The average Bonchev–Trinajstić information content (AvgIpc) is 2.30. The molecule has 0 fully saturated rings. The standard InChI is InChI=1S/C11H15NO5/c1-6(13)11(16)17-10-4-7(9(15)5-12)2-3-8(10)14/h2-4,6,9,13-15H,5,12H2,1H3. The lowest BCUT2D eigenvalue weighted by molar-refractivity contribution is -0.142. The Labute approximate surface area is 98.3 Å². The molecule has 5 N–H and O–H groups in total. The first-order valence-corrected chi connectivity index (χ1v) is 5.06. The van der Waals surface area contributed by atoms with Crippen LogP contribution in [0.25, 0.3) is 0 Å². The quantitative estimate of drug-likeness (QED) is 0.424. The van der Waals surface area contributed by atoms with Crippen molar-refractivity contribution in [2.45, 2.75) is 19.1 Å². The Morgan fingerprint density at radius 3 is 2.65 bits per heavy atom. The van der Waals surface area contributed by atoms with Crippen LogP contribution in [-0.4, -0.2) is 33.9 Å². The van der Waals surface area contributed by atoms with Gasteiger partial charge < -0.3 is 25.8 Å². The first kappa shape index (κ1) is 13.4. The fraction of sp³-hybridized carbons (Fsp3) is 0.364. The molecule has 0 aliphatic carbocycles. The monoisotopic (exact) mass is 241 g/mol. The highest BCUT2D eigenvalue weighted by Crippen LogP contribution is 2.29. The minimum absolute atomic E-state index is 0.00850. The van der Waals surface area contributed by atoms with Crippen molar-refractivity contribution < 1.29 is 24.9 Å². The Hall–Kier alpha value is -1.63. The zero-order chi connectivity index (χ0) is 13.0. The highest BCUT2D eigenvalue weighted by molar-refractivity contribution is 5.77. The second kappa shape index (κ2) is 5.62. The van der Waals surface area contributed by atoms with Crippen LogP contribution in [0.4, 0.5) is 0 Å². The number of aromatic hydroxyl groups is 1. The number of ether oxygens (including phenoxy) is 1. The van der Waals surface area contributed by atoms with Crippen LogP contribution in [0, 0.1) is 0 Å². The summed E-state index contributed by atoms with van der Waals surface area (Å²) in [6, 6.07) is 4.04.